The van der Waals surface area contributed by atoms with Gasteiger partial charge in [0.15, 0.2) is 5.82 Å². The Kier molecular flexibility index (Phi) is 4.92. The Hall–Kier alpha value is -1.17. The second kappa shape index (κ2) is 6.68. The van der Waals surface area contributed by atoms with Crippen molar-refractivity contribution < 1.29 is 4.79 Å². The second-order valence-electron chi connectivity index (χ2n) is 4.55. The first-order valence-corrected chi connectivity index (χ1v) is 6.94. The Morgan fingerprint density at radius 3 is 2.89 bits per heavy atom. The molecule has 0 bridgehead atoms. The van der Waals surface area contributed by atoms with E-state index in [1.165, 1.54) is 19.3 Å². The molecule has 0 aromatic carbocycles. The van der Waals surface area contributed by atoms with Crippen LogP contribution in [0.25, 0.3) is 0 Å². The van der Waals surface area contributed by atoms with E-state index < -0.39 is 0 Å². The van der Waals surface area contributed by atoms with Gasteiger partial charge in [0.2, 0.25) is 5.91 Å². The van der Waals surface area contributed by atoms with Crippen LogP contribution in [0.4, 0.5) is 0 Å². The van der Waals surface area contributed by atoms with Crippen LogP contribution < -0.4 is 5.32 Å². The summed E-state index contributed by atoms with van der Waals surface area (Å²) >= 11 is 5.50. The first-order valence-electron chi connectivity index (χ1n) is 6.40. The molecule has 6 nitrogen and oxygen atoms in total. The number of aromatic nitrogens is 4. The molecule has 0 radical (unpaired) electrons. The first kappa shape index (κ1) is 13.3. The number of hydrogen-bond acceptors (Lipinski definition) is 4. The average molecular weight is 272 g/mol. The van der Waals surface area contributed by atoms with E-state index >= 15 is 0 Å². The van der Waals surface area contributed by atoms with Crippen LogP contribution in [0.3, 0.4) is 0 Å². The fraction of sp³-hybridized carbons (Fsp3) is 0.818. The number of amides is 1. The van der Waals surface area contributed by atoms with Gasteiger partial charge in [0.25, 0.3) is 0 Å². The monoisotopic (exact) mass is 271 g/mol. The average Bonchev–Trinajstić information content (AvgIpc) is 2.86. The van der Waals surface area contributed by atoms with E-state index in [1.807, 2.05) is 4.68 Å². The number of tetrazole rings is 1. The summed E-state index contributed by atoms with van der Waals surface area (Å²) in [5.74, 6) is 0.993. The fourth-order valence-electron chi connectivity index (χ4n) is 2.29. The third-order valence-electron chi connectivity index (χ3n) is 3.25. The smallest absolute Gasteiger partial charge is 0.221 e. The minimum Gasteiger partial charge on any atom is -0.349 e. The number of carbonyl (C=O) groups is 1. The maximum absolute atomic E-state index is 11.4. The van der Waals surface area contributed by atoms with Crippen molar-refractivity contribution in [1.29, 1.82) is 0 Å². The molecular weight excluding hydrogens is 254 g/mol. The number of carbonyl (C=O) groups excluding carboxylic acids is 1. The van der Waals surface area contributed by atoms with E-state index in [4.69, 9.17) is 11.6 Å². The Labute approximate surface area is 111 Å². The zero-order valence-corrected chi connectivity index (χ0v) is 11.1. The van der Waals surface area contributed by atoms with Crippen LogP contribution in [-0.2, 0) is 11.3 Å². The summed E-state index contributed by atoms with van der Waals surface area (Å²) in [7, 11) is 0. The third kappa shape index (κ3) is 3.41. The molecule has 0 aliphatic heterocycles. The number of rotatable bonds is 5. The molecule has 7 heteroatoms. The van der Waals surface area contributed by atoms with Crippen LogP contribution in [0, 0.1) is 0 Å². The third-order valence-corrected chi connectivity index (χ3v) is 3.44. The summed E-state index contributed by atoms with van der Waals surface area (Å²) in [5.41, 5.74) is 0. The maximum Gasteiger partial charge on any atom is 0.221 e. The molecule has 100 valence electrons. The van der Waals surface area contributed by atoms with Crippen molar-refractivity contribution >= 4 is 17.5 Å². The summed E-state index contributed by atoms with van der Waals surface area (Å²) in [6.45, 7) is 0.374. The lowest BCUT2D eigenvalue weighted by Gasteiger charge is -2.22. The highest BCUT2D eigenvalue weighted by molar-refractivity contribution is 6.18. The number of hydrogen-bond donors (Lipinski definition) is 1. The van der Waals surface area contributed by atoms with Crippen molar-refractivity contribution in [3.8, 4) is 0 Å². The number of nitrogens with zero attached hydrogens (tertiary/aromatic N) is 4. The summed E-state index contributed by atoms with van der Waals surface area (Å²) in [4.78, 5) is 11.4. The van der Waals surface area contributed by atoms with Gasteiger partial charge in [-0.2, -0.15) is 0 Å². The minimum atomic E-state index is -0.0665. The van der Waals surface area contributed by atoms with Crippen molar-refractivity contribution in [2.45, 2.75) is 51.1 Å². The Morgan fingerprint density at radius 1 is 1.39 bits per heavy atom. The summed E-state index contributed by atoms with van der Waals surface area (Å²) in [6.07, 6.45) is 6.31. The number of nitrogens with one attached hydrogen (secondary N) is 1. The highest BCUT2D eigenvalue weighted by Crippen LogP contribution is 2.27. The quantitative estimate of drug-likeness (QED) is 0.822. The predicted octanol–water partition coefficient (Wildman–Crippen LogP) is 1.42. The Bertz CT molecular complexity index is 389. The van der Waals surface area contributed by atoms with Gasteiger partial charge in [-0.3, -0.25) is 4.79 Å². The van der Waals surface area contributed by atoms with Crippen LogP contribution in [-0.4, -0.2) is 32.0 Å². The van der Waals surface area contributed by atoms with Gasteiger partial charge in [-0.05, 0) is 23.3 Å². The molecule has 1 fully saturated rings. The van der Waals surface area contributed by atoms with Gasteiger partial charge >= 0.3 is 0 Å². The second-order valence-corrected chi connectivity index (χ2v) is 4.93. The summed E-state index contributed by atoms with van der Waals surface area (Å²) < 4.78 is 1.86. The SMILES string of the molecule is O=C(CCCl)NCc1nnnn1C1CCCCC1. The molecule has 1 heterocycles. The maximum atomic E-state index is 11.4. The van der Waals surface area contributed by atoms with Gasteiger partial charge in [-0.1, -0.05) is 19.3 Å². The fourth-order valence-corrected chi connectivity index (χ4v) is 2.46. The normalized spacial score (nSPS) is 16.7. The van der Waals surface area contributed by atoms with Crippen LogP contribution in [0.2, 0.25) is 0 Å². The van der Waals surface area contributed by atoms with Crippen LogP contribution in [0.15, 0.2) is 0 Å². The standard InChI is InChI=1S/C11H18ClN5O/c12-7-6-11(18)13-8-10-14-15-16-17(10)9-4-2-1-3-5-9/h9H,1-8H2,(H,13,18). The first-order chi connectivity index (χ1) is 8.81. The molecule has 1 aromatic rings. The summed E-state index contributed by atoms with van der Waals surface area (Å²) in [6, 6.07) is 0.383. The van der Waals surface area contributed by atoms with E-state index in [2.05, 4.69) is 20.8 Å². The van der Waals surface area contributed by atoms with Crippen LogP contribution >= 0.6 is 11.6 Å². The molecule has 1 aliphatic rings. The Morgan fingerprint density at radius 2 is 2.17 bits per heavy atom. The van der Waals surface area contributed by atoms with Crippen LogP contribution in [0.1, 0.15) is 50.4 Å². The predicted molar refractivity (Wildman–Crippen MR) is 67.1 cm³/mol. The van der Waals surface area contributed by atoms with E-state index in [9.17, 15) is 4.79 Å². The molecule has 1 N–H and O–H groups in total. The van der Waals surface area contributed by atoms with Gasteiger partial charge in [-0.15, -0.1) is 16.7 Å². The molecule has 0 spiro atoms. The van der Waals surface area contributed by atoms with Gasteiger partial charge in [-0.25, -0.2) is 4.68 Å². The molecule has 2 rings (SSSR count). The molecule has 1 amide bonds. The van der Waals surface area contributed by atoms with Crippen molar-refractivity contribution in [3.05, 3.63) is 5.82 Å². The zero-order chi connectivity index (χ0) is 12.8. The highest BCUT2D eigenvalue weighted by Gasteiger charge is 2.19. The molecule has 0 saturated heterocycles. The van der Waals surface area contributed by atoms with E-state index in [0.29, 0.717) is 24.9 Å². The lowest BCUT2D eigenvalue weighted by molar-refractivity contribution is -0.120. The minimum absolute atomic E-state index is 0.0665. The van der Waals surface area contributed by atoms with Crippen molar-refractivity contribution in [3.63, 3.8) is 0 Å². The summed E-state index contributed by atoms with van der Waals surface area (Å²) in [5, 5.41) is 14.5. The van der Waals surface area contributed by atoms with Crippen molar-refractivity contribution in [2.24, 2.45) is 0 Å². The van der Waals surface area contributed by atoms with E-state index in [1.54, 1.807) is 0 Å². The van der Waals surface area contributed by atoms with Crippen molar-refractivity contribution in [1.82, 2.24) is 25.5 Å². The van der Waals surface area contributed by atoms with Gasteiger partial charge < -0.3 is 5.32 Å². The molecule has 1 aromatic heterocycles. The Balaban J connectivity index is 1.92. The van der Waals surface area contributed by atoms with Crippen molar-refractivity contribution in [2.75, 3.05) is 5.88 Å². The number of halogens is 1. The topological polar surface area (TPSA) is 72.7 Å². The molecule has 0 unspecified atom stereocenters. The highest BCUT2D eigenvalue weighted by atomic mass is 35.5. The zero-order valence-electron chi connectivity index (χ0n) is 10.3. The molecule has 1 saturated carbocycles. The van der Waals surface area contributed by atoms with Gasteiger partial charge in [0.05, 0.1) is 12.6 Å². The molecule has 18 heavy (non-hydrogen) atoms. The molecule has 0 atom stereocenters. The number of alkyl halides is 1. The van der Waals surface area contributed by atoms with Crippen LogP contribution in [0.5, 0.6) is 0 Å². The van der Waals surface area contributed by atoms with E-state index in [-0.39, 0.29) is 5.91 Å². The lowest BCUT2D eigenvalue weighted by Crippen LogP contribution is -2.26. The van der Waals surface area contributed by atoms with E-state index in [0.717, 1.165) is 18.7 Å². The van der Waals surface area contributed by atoms with Gasteiger partial charge in [0, 0.05) is 12.3 Å². The molecular formula is C11H18ClN5O. The van der Waals surface area contributed by atoms with Gasteiger partial charge in [0.1, 0.15) is 0 Å². The largest absolute Gasteiger partial charge is 0.349 e. The lowest BCUT2D eigenvalue weighted by atomic mass is 9.95. The molecule has 1 aliphatic carbocycles.